The van der Waals surface area contributed by atoms with Crippen LogP contribution in [-0.4, -0.2) is 32.4 Å². The van der Waals surface area contributed by atoms with E-state index in [2.05, 4.69) is 4.72 Å². The molecule has 5 nitrogen and oxygen atoms in total. The normalized spacial score (nSPS) is 17.2. The van der Waals surface area contributed by atoms with Crippen molar-refractivity contribution in [1.29, 1.82) is 0 Å². The van der Waals surface area contributed by atoms with Crippen LogP contribution >= 0.6 is 0 Å². The van der Waals surface area contributed by atoms with Gasteiger partial charge in [0.1, 0.15) is 0 Å². The molecule has 0 saturated heterocycles. The Morgan fingerprint density at radius 2 is 1.81 bits per heavy atom. The Morgan fingerprint density at radius 1 is 1.19 bits per heavy atom. The highest BCUT2D eigenvalue weighted by atomic mass is 32.2. The molecule has 0 unspecified atom stereocenters. The van der Waals surface area contributed by atoms with Gasteiger partial charge in [0.05, 0.1) is 0 Å². The van der Waals surface area contributed by atoms with Gasteiger partial charge in [-0.05, 0) is 37.0 Å². The van der Waals surface area contributed by atoms with Gasteiger partial charge in [-0.1, -0.05) is 31.4 Å². The molecular formula is C15H25N3O2S. The Kier molecular flexibility index (Phi) is 5.61. The molecular weight excluding hydrogens is 286 g/mol. The molecule has 0 spiro atoms. The largest absolute Gasteiger partial charge is 0.399 e. The van der Waals surface area contributed by atoms with E-state index in [4.69, 9.17) is 5.73 Å². The summed E-state index contributed by atoms with van der Waals surface area (Å²) in [4.78, 5) is 0. The van der Waals surface area contributed by atoms with Crippen LogP contribution in [-0.2, 0) is 16.6 Å². The molecule has 1 aromatic rings. The maximum atomic E-state index is 12.3. The number of nitrogens with two attached hydrogens (primary N) is 1. The zero-order chi connectivity index (χ0) is 15.3. The average Bonchev–Trinajstić information content (AvgIpc) is 2.49. The van der Waals surface area contributed by atoms with Crippen molar-refractivity contribution < 1.29 is 8.42 Å². The van der Waals surface area contributed by atoms with Crippen LogP contribution in [0.1, 0.15) is 37.7 Å². The second-order valence-corrected chi connectivity index (χ2v) is 7.51. The number of rotatable bonds is 6. The molecule has 118 valence electrons. The summed E-state index contributed by atoms with van der Waals surface area (Å²) < 4.78 is 28.7. The van der Waals surface area contributed by atoms with Crippen LogP contribution < -0.4 is 10.5 Å². The lowest BCUT2D eigenvalue weighted by Gasteiger charge is -2.30. The second-order valence-electron chi connectivity index (χ2n) is 5.70. The van der Waals surface area contributed by atoms with Crippen molar-refractivity contribution in [3.63, 3.8) is 0 Å². The fourth-order valence-electron chi connectivity index (χ4n) is 2.75. The topological polar surface area (TPSA) is 75.4 Å². The van der Waals surface area contributed by atoms with Gasteiger partial charge in [-0.2, -0.15) is 12.7 Å². The number of benzene rings is 1. The summed E-state index contributed by atoms with van der Waals surface area (Å²) in [5.41, 5.74) is 7.42. The van der Waals surface area contributed by atoms with E-state index in [1.165, 1.54) is 10.7 Å². The summed E-state index contributed by atoms with van der Waals surface area (Å²) >= 11 is 0. The van der Waals surface area contributed by atoms with Gasteiger partial charge in [0.25, 0.3) is 10.2 Å². The molecule has 1 aliphatic rings. The number of hydrogen-bond donors (Lipinski definition) is 2. The molecule has 0 amide bonds. The van der Waals surface area contributed by atoms with E-state index in [0.717, 1.165) is 36.9 Å². The third-order valence-corrected chi connectivity index (χ3v) is 5.77. The molecule has 0 radical (unpaired) electrons. The Balaban J connectivity index is 1.84. The van der Waals surface area contributed by atoms with E-state index >= 15 is 0 Å². The van der Waals surface area contributed by atoms with E-state index < -0.39 is 10.2 Å². The van der Waals surface area contributed by atoms with E-state index in [0.29, 0.717) is 13.0 Å². The van der Waals surface area contributed by atoms with Crippen molar-refractivity contribution in [2.45, 2.75) is 44.6 Å². The summed E-state index contributed by atoms with van der Waals surface area (Å²) in [5.74, 6) is 0. The molecule has 1 saturated carbocycles. The predicted octanol–water partition coefficient (Wildman–Crippen LogP) is 1.91. The van der Waals surface area contributed by atoms with Crippen molar-refractivity contribution in [1.82, 2.24) is 9.03 Å². The minimum Gasteiger partial charge on any atom is -0.399 e. The Bertz CT molecular complexity index is 537. The van der Waals surface area contributed by atoms with Crippen LogP contribution in [0.4, 0.5) is 5.69 Å². The first-order valence-corrected chi connectivity index (χ1v) is 9.00. The molecule has 1 aromatic carbocycles. The molecule has 0 heterocycles. The number of anilines is 1. The summed E-state index contributed by atoms with van der Waals surface area (Å²) in [7, 11) is -1.70. The Labute approximate surface area is 127 Å². The Hall–Kier alpha value is -1.11. The smallest absolute Gasteiger partial charge is 0.279 e. The molecule has 1 fully saturated rings. The van der Waals surface area contributed by atoms with Gasteiger partial charge in [-0.3, -0.25) is 0 Å². The zero-order valence-electron chi connectivity index (χ0n) is 12.6. The maximum absolute atomic E-state index is 12.3. The van der Waals surface area contributed by atoms with E-state index in [1.54, 1.807) is 7.05 Å². The number of hydrogen-bond acceptors (Lipinski definition) is 3. The second kappa shape index (κ2) is 7.24. The highest BCUT2D eigenvalue weighted by Gasteiger charge is 2.26. The highest BCUT2D eigenvalue weighted by Crippen LogP contribution is 2.22. The molecule has 0 aromatic heterocycles. The van der Waals surface area contributed by atoms with Crippen molar-refractivity contribution in [3.8, 4) is 0 Å². The number of nitrogen functional groups attached to an aromatic ring is 1. The lowest BCUT2D eigenvalue weighted by Crippen LogP contribution is -2.45. The van der Waals surface area contributed by atoms with Gasteiger partial charge in [-0.15, -0.1) is 0 Å². The molecule has 0 atom stereocenters. The Morgan fingerprint density at radius 3 is 2.43 bits per heavy atom. The molecule has 0 bridgehead atoms. The van der Waals surface area contributed by atoms with E-state index in [-0.39, 0.29) is 6.04 Å². The molecule has 1 aliphatic carbocycles. The predicted molar refractivity (Wildman–Crippen MR) is 86.1 cm³/mol. The lowest BCUT2D eigenvalue weighted by atomic mass is 9.96. The van der Waals surface area contributed by atoms with E-state index in [9.17, 15) is 8.42 Å². The first-order valence-electron chi connectivity index (χ1n) is 7.56. The van der Waals surface area contributed by atoms with Crippen molar-refractivity contribution in [3.05, 3.63) is 29.8 Å². The standard InChI is InChI=1S/C15H25N3O2S/c1-18(15-5-3-2-4-6-15)21(19,20)17-12-11-13-7-9-14(16)10-8-13/h7-10,15,17H,2-6,11-12,16H2,1H3. The summed E-state index contributed by atoms with van der Waals surface area (Å²) in [6.07, 6.45) is 6.06. The molecule has 2 rings (SSSR count). The zero-order valence-corrected chi connectivity index (χ0v) is 13.4. The number of nitrogens with zero attached hydrogens (tertiary/aromatic N) is 1. The quantitative estimate of drug-likeness (QED) is 0.788. The summed E-state index contributed by atoms with van der Waals surface area (Å²) in [6.45, 7) is 0.406. The fourth-order valence-corrected chi connectivity index (χ4v) is 3.92. The van der Waals surface area contributed by atoms with Gasteiger partial charge in [0, 0.05) is 25.3 Å². The lowest BCUT2D eigenvalue weighted by molar-refractivity contribution is 0.283. The molecule has 6 heteroatoms. The highest BCUT2D eigenvalue weighted by molar-refractivity contribution is 7.87. The van der Waals surface area contributed by atoms with Crippen molar-refractivity contribution in [2.24, 2.45) is 0 Å². The van der Waals surface area contributed by atoms with Crippen LogP contribution in [0, 0.1) is 0 Å². The third-order valence-electron chi connectivity index (χ3n) is 4.15. The van der Waals surface area contributed by atoms with Gasteiger partial charge in [-0.25, -0.2) is 4.72 Å². The van der Waals surface area contributed by atoms with Crippen LogP contribution in [0.2, 0.25) is 0 Å². The number of nitrogens with one attached hydrogen (secondary N) is 1. The van der Waals surface area contributed by atoms with Crippen molar-refractivity contribution >= 4 is 15.9 Å². The van der Waals surface area contributed by atoms with Crippen LogP contribution in [0.3, 0.4) is 0 Å². The SMILES string of the molecule is CN(C1CCCCC1)S(=O)(=O)NCCc1ccc(N)cc1. The van der Waals surface area contributed by atoms with Crippen molar-refractivity contribution in [2.75, 3.05) is 19.3 Å². The van der Waals surface area contributed by atoms with Gasteiger partial charge in [0.15, 0.2) is 0 Å². The fraction of sp³-hybridized carbons (Fsp3) is 0.600. The van der Waals surface area contributed by atoms with Gasteiger partial charge < -0.3 is 5.73 Å². The van der Waals surface area contributed by atoms with Crippen LogP contribution in [0.5, 0.6) is 0 Å². The van der Waals surface area contributed by atoms with Crippen LogP contribution in [0.15, 0.2) is 24.3 Å². The monoisotopic (exact) mass is 311 g/mol. The van der Waals surface area contributed by atoms with E-state index in [1.807, 2.05) is 24.3 Å². The molecule has 0 aliphatic heterocycles. The molecule has 21 heavy (non-hydrogen) atoms. The van der Waals surface area contributed by atoms with Crippen LogP contribution in [0.25, 0.3) is 0 Å². The summed E-state index contributed by atoms with van der Waals surface area (Å²) in [5, 5.41) is 0. The maximum Gasteiger partial charge on any atom is 0.279 e. The minimum atomic E-state index is -3.38. The molecule has 3 N–H and O–H groups in total. The average molecular weight is 311 g/mol. The third kappa shape index (κ3) is 4.69. The first-order chi connectivity index (χ1) is 9.99. The van der Waals surface area contributed by atoms with Gasteiger partial charge >= 0.3 is 0 Å². The first kappa shape index (κ1) is 16.3. The summed E-state index contributed by atoms with van der Waals surface area (Å²) in [6, 6.07) is 7.66. The minimum absolute atomic E-state index is 0.146. The van der Waals surface area contributed by atoms with Gasteiger partial charge in [0.2, 0.25) is 0 Å².